The molecule has 0 spiro atoms. The lowest BCUT2D eigenvalue weighted by Gasteiger charge is -2.08. The Hall–Kier alpha value is -3.80. The molecule has 11 nitrogen and oxygen atoms in total. The van der Waals surface area contributed by atoms with Crippen LogP contribution in [0.4, 0.5) is 11.6 Å². The van der Waals surface area contributed by atoms with E-state index < -0.39 is 20.9 Å². The standard InChI is InChI=1S/C17H16N6O5S/c1-10-14-8-5-12(28-2)9-15(14)20-17(19-10)21-16(18)22-29(26,27)13-6-3-11(4-7-13)23(24)25/h3-9H,1-2H3,(H3,18,19,20,21,22). The Balaban J connectivity index is 1.89. The number of nitro groups is 1. The van der Waals surface area contributed by atoms with Crippen molar-refractivity contribution in [1.29, 1.82) is 0 Å². The van der Waals surface area contributed by atoms with Crippen LogP contribution in [-0.4, -0.2) is 36.4 Å². The number of hydrogen-bond acceptors (Lipinski definition) is 7. The summed E-state index contributed by atoms with van der Waals surface area (Å²) in [6.07, 6.45) is 0. The second-order valence-electron chi connectivity index (χ2n) is 5.84. The fraction of sp³-hybridized carbons (Fsp3) is 0.118. The van der Waals surface area contributed by atoms with Gasteiger partial charge in [0.25, 0.3) is 15.7 Å². The van der Waals surface area contributed by atoms with Gasteiger partial charge in [-0.3, -0.25) is 15.4 Å². The molecule has 12 heteroatoms. The predicted molar refractivity (Wildman–Crippen MR) is 106 cm³/mol. The van der Waals surface area contributed by atoms with Crippen LogP contribution in [-0.2, 0) is 10.0 Å². The topological polar surface area (TPSA) is 163 Å². The largest absolute Gasteiger partial charge is 0.497 e. The molecule has 3 rings (SSSR count). The van der Waals surface area contributed by atoms with E-state index >= 15 is 0 Å². The zero-order valence-electron chi connectivity index (χ0n) is 15.4. The predicted octanol–water partition coefficient (Wildman–Crippen LogP) is 1.97. The number of hydrogen-bond donors (Lipinski definition) is 2. The highest BCUT2D eigenvalue weighted by molar-refractivity contribution is 7.90. The molecule has 1 heterocycles. The summed E-state index contributed by atoms with van der Waals surface area (Å²) < 4.78 is 33.3. The number of sulfonamides is 1. The monoisotopic (exact) mass is 416 g/mol. The Morgan fingerprint density at radius 2 is 1.90 bits per heavy atom. The van der Waals surface area contributed by atoms with E-state index in [-0.39, 0.29) is 16.5 Å². The number of rotatable bonds is 5. The number of methoxy groups -OCH3 is 1. The van der Waals surface area contributed by atoms with Gasteiger partial charge in [-0.05, 0) is 31.2 Å². The Kier molecular flexibility index (Phi) is 5.28. The lowest BCUT2D eigenvalue weighted by molar-refractivity contribution is -0.384. The molecule has 0 bridgehead atoms. The molecule has 29 heavy (non-hydrogen) atoms. The molecule has 2 aromatic carbocycles. The second-order valence-corrected chi connectivity index (χ2v) is 7.45. The fourth-order valence-electron chi connectivity index (χ4n) is 2.51. The van der Waals surface area contributed by atoms with Gasteiger partial charge in [0.2, 0.25) is 11.9 Å². The maximum Gasteiger partial charge on any atom is 0.285 e. The Morgan fingerprint density at radius 3 is 2.52 bits per heavy atom. The third-order valence-corrected chi connectivity index (χ3v) is 5.20. The number of guanidine groups is 1. The first kappa shape index (κ1) is 19.9. The van der Waals surface area contributed by atoms with Crippen LogP contribution in [0, 0.1) is 17.0 Å². The van der Waals surface area contributed by atoms with E-state index in [2.05, 4.69) is 19.7 Å². The summed E-state index contributed by atoms with van der Waals surface area (Å²) in [6.45, 7) is 1.77. The molecule has 0 unspecified atom stereocenters. The Morgan fingerprint density at radius 1 is 1.21 bits per heavy atom. The van der Waals surface area contributed by atoms with E-state index in [4.69, 9.17) is 10.5 Å². The maximum absolute atomic E-state index is 12.3. The molecular formula is C17H16N6O5S. The molecule has 0 fully saturated rings. The van der Waals surface area contributed by atoms with Crippen molar-refractivity contribution in [3.8, 4) is 5.75 Å². The lowest BCUT2D eigenvalue weighted by atomic mass is 10.2. The average Bonchev–Trinajstić information content (AvgIpc) is 2.67. The summed E-state index contributed by atoms with van der Waals surface area (Å²) in [5, 5.41) is 14.0. The highest BCUT2D eigenvalue weighted by Gasteiger charge is 2.16. The second kappa shape index (κ2) is 7.67. The van der Waals surface area contributed by atoms with Gasteiger partial charge in [0.15, 0.2) is 0 Å². The smallest absolute Gasteiger partial charge is 0.285 e. The van der Waals surface area contributed by atoms with E-state index in [1.165, 1.54) is 7.11 Å². The molecule has 0 aliphatic carbocycles. The number of nitrogens with two attached hydrogens (primary N) is 1. The molecule has 0 saturated carbocycles. The average molecular weight is 416 g/mol. The SMILES string of the molecule is COc1ccc2c(C)nc(N/C(N)=N/S(=O)(=O)c3ccc([N+](=O)[O-])cc3)nc2c1. The first-order valence-corrected chi connectivity index (χ1v) is 9.58. The van der Waals surface area contributed by atoms with Crippen molar-refractivity contribution < 1.29 is 18.1 Å². The minimum Gasteiger partial charge on any atom is -0.497 e. The van der Waals surface area contributed by atoms with Gasteiger partial charge in [-0.1, -0.05) is 0 Å². The van der Waals surface area contributed by atoms with Crippen LogP contribution >= 0.6 is 0 Å². The van der Waals surface area contributed by atoms with Crippen molar-refractivity contribution in [3.05, 3.63) is 58.3 Å². The number of nitro benzene ring substituents is 1. The maximum atomic E-state index is 12.3. The number of benzene rings is 2. The van der Waals surface area contributed by atoms with Crippen molar-refractivity contribution in [2.45, 2.75) is 11.8 Å². The quantitative estimate of drug-likeness (QED) is 0.274. The molecular weight excluding hydrogens is 400 g/mol. The third-order valence-electron chi connectivity index (χ3n) is 3.90. The van der Waals surface area contributed by atoms with Crippen molar-refractivity contribution in [2.24, 2.45) is 10.1 Å². The molecule has 3 aromatic rings. The van der Waals surface area contributed by atoms with Crippen molar-refractivity contribution in [1.82, 2.24) is 9.97 Å². The number of aromatic nitrogens is 2. The molecule has 0 aliphatic heterocycles. The van der Waals surface area contributed by atoms with Gasteiger partial charge in [-0.15, -0.1) is 4.40 Å². The van der Waals surface area contributed by atoms with Gasteiger partial charge in [0.1, 0.15) is 5.75 Å². The highest BCUT2D eigenvalue weighted by atomic mass is 32.2. The van der Waals surface area contributed by atoms with E-state index in [1.807, 2.05) is 6.07 Å². The Bertz CT molecular complexity index is 1230. The molecule has 1 aromatic heterocycles. The van der Waals surface area contributed by atoms with Gasteiger partial charge in [0, 0.05) is 23.6 Å². The molecule has 0 aliphatic rings. The lowest BCUT2D eigenvalue weighted by Crippen LogP contribution is -2.25. The number of fused-ring (bicyclic) bond motifs is 1. The number of nitrogens with one attached hydrogen (secondary N) is 1. The normalized spacial score (nSPS) is 12.0. The van der Waals surface area contributed by atoms with Gasteiger partial charge in [0.05, 0.1) is 28.1 Å². The van der Waals surface area contributed by atoms with E-state index in [1.54, 1.807) is 19.1 Å². The Labute approximate surface area is 165 Å². The summed E-state index contributed by atoms with van der Waals surface area (Å²) in [4.78, 5) is 18.3. The highest BCUT2D eigenvalue weighted by Crippen LogP contribution is 2.22. The molecule has 0 atom stereocenters. The summed E-state index contributed by atoms with van der Waals surface area (Å²) >= 11 is 0. The summed E-state index contributed by atoms with van der Waals surface area (Å²) in [6, 6.07) is 9.57. The summed E-state index contributed by atoms with van der Waals surface area (Å²) in [5.74, 6) is 0.206. The zero-order valence-corrected chi connectivity index (χ0v) is 16.2. The summed E-state index contributed by atoms with van der Waals surface area (Å²) in [5.41, 5.74) is 6.68. The number of ether oxygens (including phenoxy) is 1. The van der Waals surface area contributed by atoms with Crippen LogP contribution in [0.15, 0.2) is 51.8 Å². The van der Waals surface area contributed by atoms with Crippen molar-refractivity contribution >= 4 is 38.5 Å². The minimum absolute atomic E-state index is 0.0587. The van der Waals surface area contributed by atoms with Gasteiger partial charge in [-0.2, -0.15) is 8.42 Å². The first-order chi connectivity index (χ1) is 13.7. The van der Waals surface area contributed by atoms with E-state index in [9.17, 15) is 18.5 Å². The number of anilines is 1. The van der Waals surface area contributed by atoms with E-state index in [0.717, 1.165) is 29.7 Å². The van der Waals surface area contributed by atoms with Crippen LogP contribution in [0.5, 0.6) is 5.75 Å². The van der Waals surface area contributed by atoms with Gasteiger partial charge >= 0.3 is 0 Å². The molecule has 0 saturated heterocycles. The van der Waals surface area contributed by atoms with Crippen LogP contribution in [0.1, 0.15) is 5.69 Å². The van der Waals surface area contributed by atoms with Gasteiger partial charge in [-0.25, -0.2) is 9.97 Å². The van der Waals surface area contributed by atoms with Crippen molar-refractivity contribution in [3.63, 3.8) is 0 Å². The van der Waals surface area contributed by atoms with E-state index in [0.29, 0.717) is 17.0 Å². The number of non-ortho nitro benzene ring substituents is 1. The van der Waals surface area contributed by atoms with Crippen LogP contribution < -0.4 is 15.8 Å². The molecule has 3 N–H and O–H groups in total. The summed E-state index contributed by atoms with van der Waals surface area (Å²) in [7, 11) is -2.65. The zero-order chi connectivity index (χ0) is 21.2. The molecule has 0 radical (unpaired) electrons. The van der Waals surface area contributed by atoms with Crippen LogP contribution in [0.25, 0.3) is 10.9 Å². The minimum atomic E-state index is -4.18. The van der Waals surface area contributed by atoms with Crippen LogP contribution in [0.3, 0.4) is 0 Å². The number of nitrogens with zero attached hydrogens (tertiary/aromatic N) is 4. The first-order valence-electron chi connectivity index (χ1n) is 8.14. The fourth-order valence-corrected chi connectivity index (χ4v) is 3.40. The third kappa shape index (κ3) is 4.38. The van der Waals surface area contributed by atoms with Crippen molar-refractivity contribution in [2.75, 3.05) is 12.4 Å². The van der Waals surface area contributed by atoms with Crippen LogP contribution in [0.2, 0.25) is 0 Å². The molecule has 0 amide bonds. The van der Waals surface area contributed by atoms with Gasteiger partial charge < -0.3 is 10.5 Å². The number of aryl methyl sites for hydroxylation is 1. The molecule has 150 valence electrons.